The van der Waals surface area contributed by atoms with Gasteiger partial charge in [-0.15, -0.1) is 34.2 Å². The van der Waals surface area contributed by atoms with Gasteiger partial charge in [0.2, 0.25) is 0 Å². The van der Waals surface area contributed by atoms with E-state index in [1.165, 1.54) is 24.8 Å². The summed E-state index contributed by atoms with van der Waals surface area (Å²) in [6.45, 7) is 3.78. The molecule has 1 N–H and O–H groups in total. The number of hydrogen-bond acceptors (Lipinski definition) is 3. The van der Waals surface area contributed by atoms with Gasteiger partial charge in [-0.3, -0.25) is 4.99 Å². The molecule has 140 valence electrons. The van der Waals surface area contributed by atoms with Gasteiger partial charge >= 0.3 is 0 Å². The first-order valence-corrected chi connectivity index (χ1v) is 9.26. The fourth-order valence-corrected chi connectivity index (χ4v) is 3.94. The fraction of sp³-hybridized carbons (Fsp3) is 0.526. The van der Waals surface area contributed by atoms with Gasteiger partial charge in [-0.1, -0.05) is 30.3 Å². The van der Waals surface area contributed by atoms with E-state index in [4.69, 9.17) is 0 Å². The minimum atomic E-state index is 0. The molecule has 1 aromatic heterocycles. The topological polar surface area (TPSA) is 58.3 Å². The van der Waals surface area contributed by atoms with Crippen molar-refractivity contribution in [1.29, 1.82) is 0 Å². The molecule has 2 aliphatic rings. The zero-order chi connectivity index (χ0) is 17.1. The molecule has 7 heteroatoms. The summed E-state index contributed by atoms with van der Waals surface area (Å²) in [6.07, 6.45) is 4.66. The van der Waals surface area contributed by atoms with Crippen LogP contribution >= 0.6 is 24.0 Å². The minimum Gasteiger partial charge on any atom is -0.349 e. The number of nitrogens with one attached hydrogen (secondary N) is 1. The van der Waals surface area contributed by atoms with Gasteiger partial charge < -0.3 is 14.8 Å². The van der Waals surface area contributed by atoms with Crippen molar-refractivity contribution in [2.45, 2.75) is 44.7 Å². The molecule has 0 saturated carbocycles. The second kappa shape index (κ2) is 8.83. The summed E-state index contributed by atoms with van der Waals surface area (Å²) in [5.74, 6) is 3.70. The van der Waals surface area contributed by atoms with Crippen molar-refractivity contribution in [2.24, 2.45) is 4.99 Å². The normalized spacial score (nSPS) is 19.8. The highest BCUT2D eigenvalue weighted by molar-refractivity contribution is 14.0. The number of aryl methyl sites for hydroxylation is 1. The average molecular weight is 466 g/mol. The lowest BCUT2D eigenvalue weighted by molar-refractivity contribution is 0.475. The van der Waals surface area contributed by atoms with Crippen LogP contribution in [-0.4, -0.2) is 45.8 Å². The zero-order valence-corrected chi connectivity index (χ0v) is 17.6. The Hall–Kier alpha value is -1.64. The molecular weight excluding hydrogens is 439 g/mol. The number of aliphatic imine (C=N–C) groups is 1. The van der Waals surface area contributed by atoms with E-state index < -0.39 is 0 Å². The summed E-state index contributed by atoms with van der Waals surface area (Å²) >= 11 is 0. The molecule has 0 amide bonds. The van der Waals surface area contributed by atoms with Crippen molar-refractivity contribution in [3.8, 4) is 0 Å². The number of hydrogen-bond donors (Lipinski definition) is 1. The summed E-state index contributed by atoms with van der Waals surface area (Å²) in [7, 11) is 1.86. The number of halogens is 1. The Morgan fingerprint density at radius 3 is 2.85 bits per heavy atom. The molecule has 0 aliphatic carbocycles. The second-order valence-electron chi connectivity index (χ2n) is 6.88. The smallest absolute Gasteiger partial charge is 0.194 e. The van der Waals surface area contributed by atoms with Crippen molar-refractivity contribution in [3.63, 3.8) is 0 Å². The molecule has 2 aliphatic heterocycles. The first-order chi connectivity index (χ1) is 12.3. The Morgan fingerprint density at radius 2 is 2.04 bits per heavy atom. The first-order valence-electron chi connectivity index (χ1n) is 9.26. The lowest BCUT2D eigenvalue weighted by Crippen LogP contribution is -2.40. The van der Waals surface area contributed by atoms with E-state index in [1.807, 2.05) is 7.05 Å². The molecule has 0 bridgehead atoms. The lowest BCUT2D eigenvalue weighted by Gasteiger charge is -2.22. The predicted octanol–water partition coefficient (Wildman–Crippen LogP) is 2.80. The van der Waals surface area contributed by atoms with Crippen LogP contribution in [-0.2, 0) is 19.5 Å². The summed E-state index contributed by atoms with van der Waals surface area (Å²) in [5, 5.41) is 12.2. The number of aromatic nitrogens is 3. The number of benzene rings is 1. The number of nitrogens with zero attached hydrogens (tertiary/aromatic N) is 5. The summed E-state index contributed by atoms with van der Waals surface area (Å²) < 4.78 is 2.26. The van der Waals surface area contributed by atoms with Gasteiger partial charge in [0.25, 0.3) is 0 Å². The number of likely N-dealkylation sites (tertiary alicyclic amines) is 1. The number of fused-ring (bicyclic) bond motifs is 1. The predicted molar refractivity (Wildman–Crippen MR) is 114 cm³/mol. The number of guanidine groups is 1. The zero-order valence-electron chi connectivity index (χ0n) is 15.3. The highest BCUT2D eigenvalue weighted by atomic mass is 127. The van der Waals surface area contributed by atoms with Crippen LogP contribution in [0.4, 0.5) is 0 Å². The van der Waals surface area contributed by atoms with Gasteiger partial charge in [0, 0.05) is 39.0 Å². The van der Waals surface area contributed by atoms with E-state index >= 15 is 0 Å². The van der Waals surface area contributed by atoms with Gasteiger partial charge in [0.1, 0.15) is 5.82 Å². The van der Waals surface area contributed by atoms with E-state index in [-0.39, 0.29) is 24.0 Å². The monoisotopic (exact) mass is 466 g/mol. The Morgan fingerprint density at radius 1 is 1.19 bits per heavy atom. The Kier molecular flexibility index (Phi) is 6.50. The summed E-state index contributed by atoms with van der Waals surface area (Å²) in [4.78, 5) is 6.84. The van der Waals surface area contributed by atoms with Gasteiger partial charge in [-0.05, 0) is 24.8 Å². The molecule has 1 saturated heterocycles. The van der Waals surface area contributed by atoms with Crippen LogP contribution in [0.2, 0.25) is 0 Å². The first kappa shape index (κ1) is 19.1. The van der Waals surface area contributed by atoms with Crippen molar-refractivity contribution < 1.29 is 0 Å². The molecule has 4 rings (SSSR count). The third-order valence-electron chi connectivity index (χ3n) is 5.31. The van der Waals surface area contributed by atoms with E-state index in [0.717, 1.165) is 43.7 Å². The van der Waals surface area contributed by atoms with Crippen LogP contribution in [0, 0.1) is 0 Å². The molecular formula is C19H27IN6. The molecule has 6 nitrogen and oxygen atoms in total. The summed E-state index contributed by atoms with van der Waals surface area (Å²) in [6, 6.07) is 10.8. The molecule has 1 aromatic carbocycles. The van der Waals surface area contributed by atoms with Crippen LogP contribution in [0.15, 0.2) is 35.3 Å². The van der Waals surface area contributed by atoms with Crippen LogP contribution in [0.1, 0.15) is 42.4 Å². The molecule has 1 fully saturated rings. The van der Waals surface area contributed by atoms with Crippen LogP contribution in [0.3, 0.4) is 0 Å². The van der Waals surface area contributed by atoms with Crippen molar-refractivity contribution in [3.05, 3.63) is 47.5 Å². The third-order valence-corrected chi connectivity index (χ3v) is 5.31. The van der Waals surface area contributed by atoms with E-state index in [2.05, 4.69) is 60.3 Å². The van der Waals surface area contributed by atoms with Crippen molar-refractivity contribution in [2.75, 3.05) is 20.1 Å². The molecule has 1 atom stereocenters. The van der Waals surface area contributed by atoms with Crippen LogP contribution in [0.5, 0.6) is 0 Å². The SMILES string of the molecule is CN=C(NCc1nnc2n1CCCC2)N1CCC(c2ccccc2)C1.I. The van der Waals surface area contributed by atoms with Gasteiger partial charge in [0.05, 0.1) is 6.54 Å². The van der Waals surface area contributed by atoms with Crippen molar-refractivity contribution in [1.82, 2.24) is 25.0 Å². The average Bonchev–Trinajstić information content (AvgIpc) is 3.31. The van der Waals surface area contributed by atoms with Crippen molar-refractivity contribution >= 4 is 29.9 Å². The minimum absolute atomic E-state index is 0. The van der Waals surface area contributed by atoms with E-state index in [1.54, 1.807) is 0 Å². The molecule has 2 aromatic rings. The number of rotatable bonds is 3. The Balaban J connectivity index is 0.00000196. The largest absolute Gasteiger partial charge is 0.349 e. The maximum atomic E-state index is 4.48. The molecule has 1 unspecified atom stereocenters. The Labute approximate surface area is 172 Å². The maximum Gasteiger partial charge on any atom is 0.194 e. The quantitative estimate of drug-likeness (QED) is 0.430. The van der Waals surface area contributed by atoms with E-state index in [0.29, 0.717) is 12.5 Å². The Bertz CT molecular complexity index is 742. The lowest BCUT2D eigenvalue weighted by atomic mass is 9.99. The molecule has 3 heterocycles. The highest BCUT2D eigenvalue weighted by Gasteiger charge is 2.26. The summed E-state index contributed by atoms with van der Waals surface area (Å²) in [5.41, 5.74) is 1.42. The van der Waals surface area contributed by atoms with E-state index in [9.17, 15) is 0 Å². The maximum absolute atomic E-state index is 4.48. The van der Waals surface area contributed by atoms with Gasteiger partial charge in [0.15, 0.2) is 11.8 Å². The molecule has 0 radical (unpaired) electrons. The highest BCUT2D eigenvalue weighted by Crippen LogP contribution is 2.26. The second-order valence-corrected chi connectivity index (χ2v) is 6.88. The third kappa shape index (κ3) is 4.02. The van der Waals surface area contributed by atoms with Crippen LogP contribution in [0.25, 0.3) is 0 Å². The van der Waals surface area contributed by atoms with Gasteiger partial charge in [-0.25, -0.2) is 0 Å². The van der Waals surface area contributed by atoms with Gasteiger partial charge in [-0.2, -0.15) is 0 Å². The van der Waals surface area contributed by atoms with Crippen LogP contribution < -0.4 is 5.32 Å². The fourth-order valence-electron chi connectivity index (χ4n) is 3.94. The molecule has 26 heavy (non-hydrogen) atoms. The molecule has 0 spiro atoms. The standard InChI is InChI=1S/C19H26N6.HI/c1-20-19(21-13-18-23-22-17-9-5-6-11-25(17)18)24-12-10-16(14-24)15-7-3-2-4-8-15;/h2-4,7-8,16H,5-6,9-14H2,1H3,(H,20,21);1H.